The lowest BCUT2D eigenvalue weighted by Gasteiger charge is -2.48. The summed E-state index contributed by atoms with van der Waals surface area (Å²) in [7, 11) is 0.216. The quantitative estimate of drug-likeness (QED) is 0.641. The molecule has 12 heavy (non-hydrogen) atoms. The van der Waals surface area contributed by atoms with Gasteiger partial charge in [0.05, 0.1) is 0 Å². The minimum Gasteiger partial charge on any atom is -0.0685 e. The van der Waals surface area contributed by atoms with Crippen LogP contribution in [0.1, 0.15) is 27.7 Å². The first kappa shape index (κ1) is 10.9. The van der Waals surface area contributed by atoms with Gasteiger partial charge in [-0.3, -0.25) is 0 Å². The molecule has 1 heterocycles. The van der Waals surface area contributed by atoms with Crippen LogP contribution in [0.5, 0.6) is 0 Å². The second-order valence-electron chi connectivity index (χ2n) is 4.29. The van der Waals surface area contributed by atoms with Crippen molar-refractivity contribution in [2.45, 2.75) is 51.9 Å². The van der Waals surface area contributed by atoms with Crippen molar-refractivity contribution in [1.82, 2.24) is 0 Å². The molecule has 0 unspecified atom stereocenters. The Morgan fingerprint density at radius 1 is 0.500 bits per heavy atom. The molecule has 0 bridgehead atoms. The molecule has 0 amide bonds. The van der Waals surface area contributed by atoms with Crippen LogP contribution in [0.15, 0.2) is 0 Å². The second-order valence-corrected chi connectivity index (χ2v) is 42.7. The fourth-order valence-electron chi connectivity index (χ4n) is 3.55. The summed E-state index contributed by atoms with van der Waals surface area (Å²) in [6.45, 7) is 10.1. The molecule has 0 aromatic heterocycles. The van der Waals surface area contributed by atoms with Crippen molar-refractivity contribution in [2.24, 2.45) is 0 Å². The van der Waals surface area contributed by atoms with E-state index in [-0.39, 0.29) is 31.3 Å². The van der Waals surface area contributed by atoms with Gasteiger partial charge in [-0.15, -0.1) is 0 Å². The van der Waals surface area contributed by atoms with Gasteiger partial charge in [-0.25, -0.2) is 0 Å². The molecule has 0 radical (unpaired) electrons. The largest absolute Gasteiger partial charge is 0.0685 e. The summed E-state index contributed by atoms with van der Waals surface area (Å²) in [5, 5.41) is 0. The summed E-state index contributed by atoms with van der Waals surface area (Å²) in [6, 6.07) is 6.83. The van der Waals surface area contributed by atoms with Crippen molar-refractivity contribution >= 4 is 31.3 Å². The normalized spacial score (nSPS) is 41.0. The molecule has 1 rings (SSSR count). The lowest BCUT2D eigenvalue weighted by Crippen LogP contribution is -2.76. The summed E-state index contributed by atoms with van der Waals surface area (Å²) in [4.78, 5) is 0. The molecular formula is C8H24Si4. The van der Waals surface area contributed by atoms with Crippen molar-refractivity contribution in [3.8, 4) is 0 Å². The first-order valence-corrected chi connectivity index (χ1v) is 19.7. The zero-order valence-corrected chi connectivity index (χ0v) is 13.8. The second kappa shape index (κ2) is 4.93. The average Bonchev–Trinajstić information content (AvgIpc) is 2.05. The van der Waals surface area contributed by atoms with Crippen LogP contribution in [-0.2, 0) is 0 Å². The van der Waals surface area contributed by atoms with Crippen LogP contribution in [0.3, 0.4) is 0 Å². The van der Waals surface area contributed by atoms with E-state index in [1.807, 2.05) is 0 Å². The number of rotatable bonds is 4. The maximum Gasteiger partial charge on any atom is 0.0140 e. The highest BCUT2D eigenvalue weighted by Crippen LogP contribution is 2.26. The Kier molecular flexibility index (Phi) is 4.49. The predicted octanol–water partition coefficient (Wildman–Crippen LogP) is 1.30. The third-order valence-corrected chi connectivity index (χ3v) is 88.4. The molecule has 1 fully saturated rings. The lowest BCUT2D eigenvalue weighted by molar-refractivity contribution is 1.38. The molecule has 0 aromatic rings. The molecule has 1 aliphatic rings. The zero-order chi connectivity index (χ0) is 9.14. The SMILES string of the molecule is CC[SiH]1[SiH](CC)[SiH](CC)[SiH]1CC. The van der Waals surface area contributed by atoms with E-state index < -0.39 is 0 Å². The highest BCUT2D eigenvalue weighted by atomic mass is 30.1. The first-order valence-electron chi connectivity index (χ1n) is 5.79. The van der Waals surface area contributed by atoms with Crippen LogP contribution < -0.4 is 0 Å². The minimum atomic E-state index is 0.0541. The van der Waals surface area contributed by atoms with E-state index in [1.165, 1.54) is 0 Å². The van der Waals surface area contributed by atoms with Crippen LogP contribution in [0.25, 0.3) is 0 Å². The van der Waals surface area contributed by atoms with Gasteiger partial charge >= 0.3 is 0 Å². The van der Waals surface area contributed by atoms with E-state index in [1.54, 1.807) is 24.2 Å². The van der Waals surface area contributed by atoms with Crippen molar-refractivity contribution in [2.75, 3.05) is 0 Å². The summed E-state index contributed by atoms with van der Waals surface area (Å²) in [5.41, 5.74) is 0. The van der Waals surface area contributed by atoms with E-state index >= 15 is 0 Å². The fourth-order valence-corrected chi connectivity index (χ4v) is 112. The Morgan fingerprint density at radius 2 is 0.667 bits per heavy atom. The van der Waals surface area contributed by atoms with Gasteiger partial charge in [0.1, 0.15) is 0 Å². The molecule has 0 N–H and O–H groups in total. The van der Waals surface area contributed by atoms with E-state index in [0.717, 1.165) is 0 Å². The van der Waals surface area contributed by atoms with Gasteiger partial charge in [0.2, 0.25) is 0 Å². The molecule has 1 aliphatic heterocycles. The Bertz CT molecular complexity index is 99.0. The van der Waals surface area contributed by atoms with Gasteiger partial charge in [-0.2, -0.15) is 0 Å². The van der Waals surface area contributed by atoms with E-state index in [2.05, 4.69) is 27.7 Å². The highest BCUT2D eigenvalue weighted by molar-refractivity contribution is 7.95. The minimum absolute atomic E-state index is 0.0541. The molecule has 0 spiro atoms. The standard InChI is InChI=1S/C8H24Si4/c1-5-9-10(6-2)12(8-4)11(9)7-3/h9-12H,5-8H2,1-4H3. The Labute approximate surface area is 83.4 Å². The Hall–Kier alpha value is 0.868. The van der Waals surface area contributed by atoms with Crippen LogP contribution >= 0.6 is 0 Å². The Morgan fingerprint density at radius 3 is 0.750 bits per heavy atom. The summed E-state index contributed by atoms with van der Waals surface area (Å²) >= 11 is 0. The molecule has 0 saturated carbocycles. The smallest absolute Gasteiger partial charge is 0.0140 e. The lowest BCUT2D eigenvalue weighted by atomic mass is 11.0. The summed E-state index contributed by atoms with van der Waals surface area (Å²) in [5.74, 6) is 0. The van der Waals surface area contributed by atoms with Crippen molar-refractivity contribution in [3.63, 3.8) is 0 Å². The van der Waals surface area contributed by atoms with Gasteiger partial charge < -0.3 is 0 Å². The van der Waals surface area contributed by atoms with E-state index in [0.29, 0.717) is 0 Å². The average molecular weight is 233 g/mol. The number of hydrogen-bond acceptors (Lipinski definition) is 0. The molecule has 1 saturated heterocycles. The van der Waals surface area contributed by atoms with E-state index in [4.69, 9.17) is 0 Å². The maximum atomic E-state index is 2.52. The van der Waals surface area contributed by atoms with Gasteiger partial charge in [0, 0.05) is 31.3 Å². The third-order valence-electron chi connectivity index (χ3n) is 4.09. The van der Waals surface area contributed by atoms with Gasteiger partial charge in [0.15, 0.2) is 0 Å². The molecule has 72 valence electrons. The van der Waals surface area contributed by atoms with Crippen LogP contribution in [0.2, 0.25) is 24.2 Å². The first-order chi connectivity index (χ1) is 5.79. The van der Waals surface area contributed by atoms with Gasteiger partial charge in [-0.05, 0) is 0 Å². The fraction of sp³-hybridized carbons (Fsp3) is 1.00. The molecular weight excluding hydrogens is 208 g/mol. The van der Waals surface area contributed by atoms with Crippen molar-refractivity contribution < 1.29 is 0 Å². The monoisotopic (exact) mass is 232 g/mol. The van der Waals surface area contributed by atoms with Crippen LogP contribution in [-0.4, -0.2) is 31.3 Å². The van der Waals surface area contributed by atoms with E-state index in [9.17, 15) is 0 Å². The molecule has 0 atom stereocenters. The topological polar surface area (TPSA) is 0 Å². The van der Waals surface area contributed by atoms with Gasteiger partial charge in [-0.1, -0.05) is 51.9 Å². The summed E-state index contributed by atoms with van der Waals surface area (Å²) < 4.78 is 0. The molecule has 4 heteroatoms. The van der Waals surface area contributed by atoms with Crippen molar-refractivity contribution in [3.05, 3.63) is 0 Å². The molecule has 0 nitrogen and oxygen atoms in total. The van der Waals surface area contributed by atoms with Crippen LogP contribution in [0.4, 0.5) is 0 Å². The zero-order valence-electron chi connectivity index (χ0n) is 9.14. The number of hydrogen-bond donors (Lipinski definition) is 0. The maximum absolute atomic E-state index is 2.52. The third kappa shape index (κ3) is 1.71. The van der Waals surface area contributed by atoms with Crippen LogP contribution in [0, 0.1) is 0 Å². The predicted molar refractivity (Wildman–Crippen MR) is 70.5 cm³/mol. The molecule has 0 aromatic carbocycles. The Balaban J connectivity index is 2.52. The highest BCUT2D eigenvalue weighted by Gasteiger charge is 2.48. The molecule has 0 aliphatic carbocycles. The summed E-state index contributed by atoms with van der Waals surface area (Å²) in [6.07, 6.45) is 0. The van der Waals surface area contributed by atoms with Crippen molar-refractivity contribution in [1.29, 1.82) is 0 Å². The van der Waals surface area contributed by atoms with Gasteiger partial charge in [0.25, 0.3) is 0 Å².